The highest BCUT2D eigenvalue weighted by atomic mass is 32.1. The van der Waals surface area contributed by atoms with E-state index in [1.54, 1.807) is 0 Å². The average molecular weight is 180 g/mol. The molecule has 0 saturated heterocycles. The van der Waals surface area contributed by atoms with Crippen LogP contribution in [0.1, 0.15) is 5.56 Å². The second kappa shape index (κ2) is 2.31. The number of hydrogen-bond acceptors (Lipinski definition) is 3. The van der Waals surface area contributed by atoms with Crippen LogP contribution < -0.4 is 5.73 Å². The molecule has 5 heteroatoms. The number of anilines is 1. The summed E-state index contributed by atoms with van der Waals surface area (Å²) in [5, 5.41) is 0.944. The lowest BCUT2D eigenvalue weighted by Gasteiger charge is -1.94. The average Bonchev–Trinajstić information content (AvgIpc) is 2.31. The highest BCUT2D eigenvalue weighted by Gasteiger charge is 2.02. The maximum atomic E-state index is 5.48. The number of nitrogens with two attached hydrogens (primary N) is 1. The van der Waals surface area contributed by atoms with Crippen LogP contribution in [0.5, 0.6) is 0 Å². The largest absolute Gasteiger partial charge is 0.369 e. The second-order valence-electron chi connectivity index (χ2n) is 2.65. The fourth-order valence-electron chi connectivity index (χ4n) is 1.22. The Bertz CT molecular complexity index is 482. The molecule has 2 aromatic rings. The van der Waals surface area contributed by atoms with E-state index in [-0.39, 0.29) is 0 Å². The van der Waals surface area contributed by atoms with Crippen LogP contribution in [0.3, 0.4) is 0 Å². The van der Waals surface area contributed by atoms with E-state index in [9.17, 15) is 0 Å². The van der Waals surface area contributed by atoms with Crippen LogP contribution >= 0.6 is 12.2 Å². The maximum absolute atomic E-state index is 5.48. The standard InChI is InChI=1S/C7H8N4S/c1-3-2-9-5-4(3)6(12)11-7(8)10-5/h2H,1H3,(H4,8,9,10,11,12). The number of aromatic nitrogens is 3. The number of fused-ring (bicyclic) bond motifs is 1. The Balaban J connectivity index is 3.03. The van der Waals surface area contributed by atoms with Crippen LogP contribution in [0.2, 0.25) is 0 Å². The van der Waals surface area contributed by atoms with Gasteiger partial charge < -0.3 is 15.7 Å². The summed E-state index contributed by atoms with van der Waals surface area (Å²) in [6.45, 7) is 1.97. The molecule has 0 aromatic carbocycles. The van der Waals surface area contributed by atoms with Crippen LogP contribution in [0, 0.1) is 11.6 Å². The molecule has 0 aliphatic rings. The smallest absolute Gasteiger partial charge is 0.200 e. The molecule has 12 heavy (non-hydrogen) atoms. The van der Waals surface area contributed by atoms with E-state index in [2.05, 4.69) is 15.0 Å². The van der Waals surface area contributed by atoms with Gasteiger partial charge in [0, 0.05) is 6.20 Å². The van der Waals surface area contributed by atoms with Crippen LogP contribution in [-0.2, 0) is 0 Å². The molecular formula is C7H8N4S. The zero-order chi connectivity index (χ0) is 8.72. The van der Waals surface area contributed by atoms with Gasteiger partial charge in [-0.15, -0.1) is 0 Å². The molecule has 0 fully saturated rings. The van der Waals surface area contributed by atoms with E-state index in [0.29, 0.717) is 10.6 Å². The number of hydrogen-bond donors (Lipinski definition) is 3. The van der Waals surface area contributed by atoms with E-state index in [1.165, 1.54) is 0 Å². The number of H-pyrrole nitrogens is 2. The molecule has 0 aliphatic heterocycles. The zero-order valence-electron chi connectivity index (χ0n) is 6.51. The van der Waals surface area contributed by atoms with E-state index >= 15 is 0 Å². The van der Waals surface area contributed by atoms with Gasteiger partial charge in [0.1, 0.15) is 10.3 Å². The molecular weight excluding hydrogens is 172 g/mol. The number of nitrogen functional groups attached to an aromatic ring is 1. The van der Waals surface area contributed by atoms with Crippen molar-refractivity contribution in [3.05, 3.63) is 16.4 Å². The molecule has 2 aromatic heterocycles. The number of aryl methyl sites for hydroxylation is 1. The molecule has 0 atom stereocenters. The Morgan fingerprint density at radius 1 is 1.58 bits per heavy atom. The predicted octanol–water partition coefficient (Wildman–Crippen LogP) is 1.51. The Hall–Kier alpha value is -1.36. The van der Waals surface area contributed by atoms with Crippen molar-refractivity contribution >= 4 is 29.2 Å². The lowest BCUT2D eigenvalue weighted by atomic mass is 10.3. The molecule has 62 valence electrons. The van der Waals surface area contributed by atoms with E-state index in [0.717, 1.165) is 16.6 Å². The van der Waals surface area contributed by atoms with Gasteiger partial charge in [0.25, 0.3) is 0 Å². The molecule has 4 N–H and O–H groups in total. The quantitative estimate of drug-likeness (QED) is 0.538. The summed E-state index contributed by atoms with van der Waals surface area (Å²) in [6.07, 6.45) is 1.87. The van der Waals surface area contributed by atoms with Gasteiger partial charge >= 0.3 is 0 Å². The third kappa shape index (κ3) is 0.902. The summed E-state index contributed by atoms with van der Waals surface area (Å²) >= 11 is 5.05. The molecule has 0 spiro atoms. The van der Waals surface area contributed by atoms with E-state index in [4.69, 9.17) is 18.0 Å². The summed E-state index contributed by atoms with van der Waals surface area (Å²) < 4.78 is 0.542. The molecule has 4 nitrogen and oxygen atoms in total. The first kappa shape index (κ1) is 7.30. The zero-order valence-corrected chi connectivity index (χ0v) is 7.33. The first-order chi connectivity index (χ1) is 5.68. The predicted molar refractivity (Wildman–Crippen MR) is 50.4 cm³/mol. The third-order valence-electron chi connectivity index (χ3n) is 1.77. The number of nitrogens with one attached hydrogen (secondary N) is 2. The summed E-state index contributed by atoms with van der Waals surface area (Å²) in [6, 6.07) is 0. The Labute approximate surface area is 73.8 Å². The molecule has 0 saturated carbocycles. The lowest BCUT2D eigenvalue weighted by Crippen LogP contribution is -1.94. The van der Waals surface area contributed by atoms with Gasteiger partial charge in [0.05, 0.1) is 5.39 Å². The minimum Gasteiger partial charge on any atom is -0.369 e. The van der Waals surface area contributed by atoms with Crippen molar-refractivity contribution in [2.75, 3.05) is 5.73 Å². The fraction of sp³-hybridized carbons (Fsp3) is 0.143. The molecule has 0 aliphatic carbocycles. The summed E-state index contributed by atoms with van der Waals surface area (Å²) in [5.74, 6) is 0.342. The first-order valence-corrected chi connectivity index (χ1v) is 3.93. The molecule has 0 amide bonds. The number of rotatable bonds is 0. The van der Waals surface area contributed by atoms with Crippen molar-refractivity contribution in [1.29, 1.82) is 0 Å². The number of aromatic amines is 2. The SMILES string of the molecule is Cc1c[nH]c2[nH]c(N)nc(=S)c12. The highest BCUT2D eigenvalue weighted by Crippen LogP contribution is 2.16. The normalized spacial score (nSPS) is 10.8. The van der Waals surface area contributed by atoms with E-state index < -0.39 is 0 Å². The van der Waals surface area contributed by atoms with Gasteiger partial charge in [0.15, 0.2) is 5.95 Å². The molecule has 2 rings (SSSR count). The van der Waals surface area contributed by atoms with Crippen molar-refractivity contribution in [3.63, 3.8) is 0 Å². The monoisotopic (exact) mass is 180 g/mol. The minimum atomic E-state index is 0.342. The molecule has 0 unspecified atom stereocenters. The van der Waals surface area contributed by atoms with Gasteiger partial charge in [-0.1, -0.05) is 12.2 Å². The molecule has 0 radical (unpaired) electrons. The van der Waals surface area contributed by atoms with Crippen LogP contribution in [0.4, 0.5) is 5.95 Å². The van der Waals surface area contributed by atoms with Crippen molar-refractivity contribution in [1.82, 2.24) is 15.0 Å². The van der Waals surface area contributed by atoms with Crippen molar-refractivity contribution in [2.24, 2.45) is 0 Å². The Kier molecular flexibility index (Phi) is 1.41. The van der Waals surface area contributed by atoms with E-state index in [1.807, 2.05) is 13.1 Å². The summed E-state index contributed by atoms with van der Waals surface area (Å²) in [7, 11) is 0. The van der Waals surface area contributed by atoms with Gasteiger partial charge in [-0.25, -0.2) is 4.98 Å². The Morgan fingerprint density at radius 3 is 3.08 bits per heavy atom. The van der Waals surface area contributed by atoms with Gasteiger partial charge in [0.2, 0.25) is 0 Å². The fourth-order valence-corrected chi connectivity index (χ4v) is 1.58. The van der Waals surface area contributed by atoms with Crippen molar-refractivity contribution in [2.45, 2.75) is 6.92 Å². The highest BCUT2D eigenvalue weighted by molar-refractivity contribution is 7.71. The number of nitrogens with zero attached hydrogens (tertiary/aromatic N) is 1. The lowest BCUT2D eigenvalue weighted by molar-refractivity contribution is 1.20. The molecule has 0 bridgehead atoms. The van der Waals surface area contributed by atoms with Crippen LogP contribution in [0.15, 0.2) is 6.20 Å². The summed E-state index contributed by atoms with van der Waals surface area (Å²) in [5.41, 5.74) is 7.40. The maximum Gasteiger partial charge on any atom is 0.200 e. The minimum absolute atomic E-state index is 0.342. The van der Waals surface area contributed by atoms with Crippen molar-refractivity contribution < 1.29 is 0 Å². The van der Waals surface area contributed by atoms with Crippen LogP contribution in [0.25, 0.3) is 11.0 Å². The topological polar surface area (TPSA) is 70.5 Å². The van der Waals surface area contributed by atoms with Crippen molar-refractivity contribution in [3.8, 4) is 0 Å². The Morgan fingerprint density at radius 2 is 2.33 bits per heavy atom. The third-order valence-corrected chi connectivity index (χ3v) is 2.06. The van der Waals surface area contributed by atoms with Gasteiger partial charge in [-0.3, -0.25) is 0 Å². The molecule has 2 heterocycles. The second-order valence-corrected chi connectivity index (χ2v) is 3.04. The van der Waals surface area contributed by atoms with Gasteiger partial charge in [-0.05, 0) is 12.5 Å². The van der Waals surface area contributed by atoms with Crippen LogP contribution in [-0.4, -0.2) is 15.0 Å². The summed E-state index contributed by atoms with van der Waals surface area (Å²) in [4.78, 5) is 9.87. The first-order valence-electron chi connectivity index (χ1n) is 3.52. The van der Waals surface area contributed by atoms with Gasteiger partial charge in [-0.2, -0.15) is 0 Å².